The number of hydrogen-bond acceptors (Lipinski definition) is 6. The summed E-state index contributed by atoms with van der Waals surface area (Å²) < 4.78 is 16.5. The molecule has 0 radical (unpaired) electrons. The van der Waals surface area contributed by atoms with Gasteiger partial charge in [-0.25, -0.2) is 19.3 Å². The van der Waals surface area contributed by atoms with Gasteiger partial charge >= 0.3 is 0 Å². The van der Waals surface area contributed by atoms with Crippen LogP contribution in [0.3, 0.4) is 0 Å². The summed E-state index contributed by atoms with van der Waals surface area (Å²) in [4.78, 5) is 13.1. The van der Waals surface area contributed by atoms with Gasteiger partial charge in [-0.1, -0.05) is 17.7 Å². The monoisotopic (exact) mass is 479 g/mol. The zero-order chi connectivity index (χ0) is 23.6. The Morgan fingerprint density at radius 1 is 1.12 bits per heavy atom. The number of benzene rings is 1. The molecule has 4 N–H and O–H groups in total. The summed E-state index contributed by atoms with van der Waals surface area (Å²) in [6.45, 7) is 0. The number of anilines is 1. The maximum Gasteiger partial charge on any atom is 0.144 e. The molecule has 2 aliphatic rings. The number of hydrogen-bond donors (Lipinski definition) is 3. The van der Waals surface area contributed by atoms with E-state index in [9.17, 15) is 14.6 Å². The molecule has 0 unspecified atom stereocenters. The smallest absolute Gasteiger partial charge is 0.144 e. The van der Waals surface area contributed by atoms with Gasteiger partial charge in [0.1, 0.15) is 35.8 Å². The lowest BCUT2D eigenvalue weighted by molar-refractivity contribution is 0.0317. The van der Waals surface area contributed by atoms with Crippen molar-refractivity contribution in [1.29, 1.82) is 0 Å². The van der Waals surface area contributed by atoms with Gasteiger partial charge in [0.15, 0.2) is 0 Å². The number of aliphatic hydroxyl groups excluding tert-OH is 2. The van der Waals surface area contributed by atoms with E-state index in [-0.39, 0.29) is 10.8 Å². The number of nitrogen functional groups attached to an aromatic ring is 1. The minimum absolute atomic E-state index is 0.151. The molecule has 6 rings (SSSR count). The van der Waals surface area contributed by atoms with Crippen molar-refractivity contribution in [3.63, 3.8) is 0 Å². The van der Waals surface area contributed by atoms with Gasteiger partial charge in [0.05, 0.1) is 22.3 Å². The molecule has 2 aliphatic carbocycles. The highest BCUT2D eigenvalue weighted by atomic mass is 35.5. The first-order valence-electron chi connectivity index (χ1n) is 11.3. The quantitative estimate of drug-likeness (QED) is 0.372. The lowest BCUT2D eigenvalue weighted by Crippen LogP contribution is -2.29. The highest BCUT2D eigenvalue weighted by Crippen LogP contribution is 2.42. The number of nitrogens with zero attached hydrogens (tertiary/aromatic N) is 4. The van der Waals surface area contributed by atoms with Gasteiger partial charge in [-0.3, -0.25) is 0 Å². The standard InChI is InChI=1S/C25H23ClFN5O2/c26-17-10-16-18(27)7-12(8-19(16)31-24(17)28)1-2-14-9-20(23(34)22(14)33)32-6-5-15-21(13-3-4-13)29-11-30-25(15)32/h5-11,13,20,22-23,33-34H,1-4H2,(H2,28,31)/t20-,22-,23+/m1/s1. The Labute approximate surface area is 199 Å². The summed E-state index contributed by atoms with van der Waals surface area (Å²) in [5.74, 6) is 0.207. The SMILES string of the molecule is Nc1nc2cc(CCC3=C[C@@H](n4ccc5c(C6CC6)ncnc54)[C@H](O)[C@@H]3O)cc(F)c2cc1Cl. The minimum atomic E-state index is -1.01. The van der Waals surface area contributed by atoms with Crippen LogP contribution in [0.25, 0.3) is 21.9 Å². The lowest BCUT2D eigenvalue weighted by atomic mass is 10.0. The summed E-state index contributed by atoms with van der Waals surface area (Å²) in [5.41, 5.74) is 9.44. The Morgan fingerprint density at radius 3 is 2.74 bits per heavy atom. The van der Waals surface area contributed by atoms with Gasteiger partial charge in [0.25, 0.3) is 0 Å². The zero-order valence-electron chi connectivity index (χ0n) is 18.2. The van der Waals surface area contributed by atoms with Crippen molar-refractivity contribution in [2.45, 2.75) is 49.9 Å². The molecule has 0 spiro atoms. The van der Waals surface area contributed by atoms with Crippen molar-refractivity contribution in [2.24, 2.45) is 0 Å². The van der Waals surface area contributed by atoms with Crippen LogP contribution in [0.1, 0.15) is 42.5 Å². The summed E-state index contributed by atoms with van der Waals surface area (Å²) >= 11 is 5.97. The molecule has 1 fully saturated rings. The van der Waals surface area contributed by atoms with Crippen LogP contribution in [0.4, 0.5) is 10.2 Å². The Balaban J connectivity index is 1.27. The normalized spacial score (nSPS) is 22.6. The number of aromatic nitrogens is 4. The molecule has 7 nitrogen and oxygen atoms in total. The van der Waals surface area contributed by atoms with Gasteiger partial charge in [-0.05, 0) is 61.1 Å². The Hall–Kier alpha value is -3.07. The average molecular weight is 480 g/mol. The predicted molar refractivity (Wildman–Crippen MR) is 128 cm³/mol. The molecule has 1 aromatic carbocycles. The first kappa shape index (κ1) is 21.5. The van der Waals surface area contributed by atoms with E-state index in [4.69, 9.17) is 17.3 Å². The van der Waals surface area contributed by atoms with E-state index >= 15 is 0 Å². The van der Waals surface area contributed by atoms with Crippen molar-refractivity contribution in [1.82, 2.24) is 19.5 Å². The topological polar surface area (TPSA) is 110 Å². The van der Waals surface area contributed by atoms with E-state index in [1.807, 2.05) is 22.9 Å². The second-order valence-corrected chi connectivity index (χ2v) is 9.57. The van der Waals surface area contributed by atoms with Crippen LogP contribution in [0, 0.1) is 5.82 Å². The molecule has 0 saturated heterocycles. The van der Waals surface area contributed by atoms with Crippen molar-refractivity contribution >= 4 is 39.4 Å². The van der Waals surface area contributed by atoms with Gasteiger partial charge in [-0.2, -0.15) is 0 Å². The number of halogens is 2. The molecular weight excluding hydrogens is 457 g/mol. The number of nitrogens with two attached hydrogens (primary N) is 1. The van der Waals surface area contributed by atoms with E-state index in [1.165, 1.54) is 12.1 Å². The molecule has 0 amide bonds. The minimum Gasteiger partial charge on any atom is -0.388 e. The first-order chi connectivity index (χ1) is 16.4. The number of pyridine rings is 1. The van der Waals surface area contributed by atoms with E-state index < -0.39 is 24.1 Å². The molecule has 34 heavy (non-hydrogen) atoms. The fourth-order valence-electron chi connectivity index (χ4n) is 4.92. The number of aliphatic hydroxyl groups is 2. The van der Waals surface area contributed by atoms with Crippen LogP contribution in [0.15, 0.2) is 48.4 Å². The van der Waals surface area contributed by atoms with Gasteiger partial charge in [0, 0.05) is 22.9 Å². The fourth-order valence-corrected chi connectivity index (χ4v) is 5.07. The summed E-state index contributed by atoms with van der Waals surface area (Å²) in [7, 11) is 0. The Kier molecular flexibility index (Phi) is 5.05. The highest BCUT2D eigenvalue weighted by Gasteiger charge is 2.36. The van der Waals surface area contributed by atoms with Gasteiger partial charge < -0.3 is 20.5 Å². The first-order valence-corrected chi connectivity index (χ1v) is 11.7. The predicted octanol–water partition coefficient (Wildman–Crippen LogP) is 4.07. The van der Waals surface area contributed by atoms with Gasteiger partial charge in [0.2, 0.25) is 0 Å². The van der Waals surface area contributed by atoms with Crippen LogP contribution in [0.2, 0.25) is 5.02 Å². The molecule has 174 valence electrons. The highest BCUT2D eigenvalue weighted by molar-refractivity contribution is 6.33. The molecule has 0 aliphatic heterocycles. The van der Waals surface area contributed by atoms with Crippen molar-refractivity contribution in [3.05, 3.63) is 70.5 Å². The van der Waals surface area contributed by atoms with E-state index in [1.54, 1.807) is 12.4 Å². The van der Waals surface area contributed by atoms with E-state index in [0.29, 0.717) is 35.2 Å². The molecule has 3 atom stereocenters. The van der Waals surface area contributed by atoms with Crippen LogP contribution < -0.4 is 5.73 Å². The number of fused-ring (bicyclic) bond motifs is 2. The molecular formula is C25H23ClFN5O2. The largest absolute Gasteiger partial charge is 0.388 e. The third-order valence-corrected chi connectivity index (χ3v) is 7.19. The van der Waals surface area contributed by atoms with E-state index in [2.05, 4.69) is 15.0 Å². The van der Waals surface area contributed by atoms with Crippen molar-refractivity contribution in [3.8, 4) is 0 Å². The molecule has 4 aromatic rings. The van der Waals surface area contributed by atoms with Crippen LogP contribution in [-0.4, -0.2) is 41.9 Å². The number of aryl methyl sites for hydroxylation is 1. The lowest BCUT2D eigenvalue weighted by Gasteiger charge is -2.19. The molecule has 3 heterocycles. The summed E-state index contributed by atoms with van der Waals surface area (Å²) in [5, 5.41) is 23.1. The maximum atomic E-state index is 14.6. The van der Waals surface area contributed by atoms with Crippen LogP contribution in [-0.2, 0) is 6.42 Å². The average Bonchev–Trinajstić information content (AvgIpc) is 3.52. The molecule has 3 aromatic heterocycles. The molecule has 0 bridgehead atoms. The van der Waals surface area contributed by atoms with E-state index in [0.717, 1.165) is 35.1 Å². The number of rotatable bonds is 5. The third-order valence-electron chi connectivity index (χ3n) is 6.89. The van der Waals surface area contributed by atoms with Gasteiger partial charge in [-0.15, -0.1) is 0 Å². The Morgan fingerprint density at radius 2 is 1.94 bits per heavy atom. The fraction of sp³-hybridized carbons (Fsp3) is 0.320. The second-order valence-electron chi connectivity index (χ2n) is 9.16. The third kappa shape index (κ3) is 3.53. The Bertz CT molecular complexity index is 1460. The van der Waals surface area contributed by atoms with Crippen molar-refractivity contribution in [2.75, 3.05) is 5.73 Å². The molecule has 1 saturated carbocycles. The summed E-state index contributed by atoms with van der Waals surface area (Å²) in [6, 6.07) is 6.24. The molecule has 9 heteroatoms. The van der Waals surface area contributed by atoms with Crippen LogP contribution in [0.5, 0.6) is 0 Å². The maximum absolute atomic E-state index is 14.6. The van der Waals surface area contributed by atoms with Crippen LogP contribution >= 0.6 is 11.6 Å². The van der Waals surface area contributed by atoms with Crippen molar-refractivity contribution < 1.29 is 14.6 Å². The second kappa shape index (κ2) is 8.01. The zero-order valence-corrected chi connectivity index (χ0v) is 19.0. The summed E-state index contributed by atoms with van der Waals surface area (Å²) in [6.07, 6.45) is 6.55.